The fraction of sp³-hybridized carbons (Fsp3) is 0.318. The number of aliphatic hydroxyl groups excluding tert-OH is 1. The summed E-state index contributed by atoms with van der Waals surface area (Å²) in [7, 11) is 3.19. The lowest BCUT2D eigenvalue weighted by Crippen LogP contribution is -2.28. The molecule has 0 saturated heterocycles. The van der Waals surface area contributed by atoms with Gasteiger partial charge in [0.05, 0.1) is 19.7 Å². The van der Waals surface area contributed by atoms with Crippen molar-refractivity contribution in [2.24, 2.45) is 5.92 Å². The van der Waals surface area contributed by atoms with Gasteiger partial charge >= 0.3 is 0 Å². The summed E-state index contributed by atoms with van der Waals surface area (Å²) in [6.07, 6.45) is 0.629. The predicted molar refractivity (Wildman–Crippen MR) is 110 cm³/mol. The summed E-state index contributed by atoms with van der Waals surface area (Å²) < 4.78 is 23.9. The van der Waals surface area contributed by atoms with Crippen molar-refractivity contribution in [2.45, 2.75) is 13.0 Å². The van der Waals surface area contributed by atoms with E-state index in [-0.39, 0.29) is 23.9 Å². The van der Waals surface area contributed by atoms with Crippen LogP contribution >= 0.6 is 0 Å². The number of rotatable bonds is 9. The highest BCUT2D eigenvalue weighted by molar-refractivity contribution is 5.78. The minimum atomic E-state index is -0.390. The largest absolute Gasteiger partial charge is 0.497 e. The highest BCUT2D eigenvalue weighted by atomic mass is 19.1. The Hall–Kier alpha value is -2.90. The van der Waals surface area contributed by atoms with Crippen LogP contribution in [0.4, 0.5) is 4.39 Å². The lowest BCUT2D eigenvalue weighted by Gasteiger charge is -2.16. The molecule has 0 bridgehead atoms. The van der Waals surface area contributed by atoms with Crippen molar-refractivity contribution in [3.05, 3.63) is 69.8 Å². The second-order valence-corrected chi connectivity index (χ2v) is 6.96. The minimum Gasteiger partial charge on any atom is -0.497 e. The van der Waals surface area contributed by atoms with Crippen LogP contribution in [0.1, 0.15) is 11.1 Å². The topological polar surface area (TPSA) is 83.6 Å². The third kappa shape index (κ3) is 5.34. The number of benzene rings is 2. The highest BCUT2D eigenvalue weighted by Crippen LogP contribution is 2.24. The molecule has 0 aliphatic heterocycles. The van der Waals surface area contributed by atoms with E-state index in [9.17, 15) is 14.3 Å². The zero-order valence-electron chi connectivity index (χ0n) is 16.5. The van der Waals surface area contributed by atoms with Gasteiger partial charge in [0, 0.05) is 31.3 Å². The van der Waals surface area contributed by atoms with Crippen LogP contribution in [0.15, 0.2) is 47.3 Å². The van der Waals surface area contributed by atoms with Crippen LogP contribution in [0.2, 0.25) is 0 Å². The summed E-state index contributed by atoms with van der Waals surface area (Å²) in [6.45, 7) is 0.872. The third-order valence-electron chi connectivity index (χ3n) is 4.83. The molecule has 0 spiro atoms. The quantitative estimate of drug-likeness (QED) is 0.514. The second kappa shape index (κ2) is 9.54. The van der Waals surface area contributed by atoms with Gasteiger partial charge in [-0.3, -0.25) is 4.79 Å². The van der Waals surface area contributed by atoms with Crippen LogP contribution in [0, 0.1) is 11.7 Å². The summed E-state index contributed by atoms with van der Waals surface area (Å²) >= 11 is 0. The summed E-state index contributed by atoms with van der Waals surface area (Å²) in [5.74, 6) is 0.964. The molecule has 0 aliphatic rings. The fourth-order valence-electron chi connectivity index (χ4n) is 3.28. The average Bonchev–Trinajstić information content (AvgIpc) is 2.73. The van der Waals surface area contributed by atoms with Crippen LogP contribution in [-0.4, -0.2) is 37.5 Å². The SMILES string of the molecule is COc1cc(CC(CO)CNCc2cc3ccc(F)cc3[nH]c2=O)cc(OC)c1. The molecule has 3 rings (SSSR count). The van der Waals surface area contributed by atoms with Gasteiger partial charge in [0.1, 0.15) is 17.3 Å². The summed E-state index contributed by atoms with van der Waals surface area (Å²) in [5, 5.41) is 13.8. The van der Waals surface area contributed by atoms with Crippen LogP contribution in [0.25, 0.3) is 10.9 Å². The summed E-state index contributed by atoms with van der Waals surface area (Å²) in [6, 6.07) is 11.7. The van der Waals surface area contributed by atoms with Crippen molar-refractivity contribution >= 4 is 10.9 Å². The number of ether oxygens (including phenoxy) is 2. The maximum atomic E-state index is 13.3. The molecule has 154 valence electrons. The number of aromatic amines is 1. The molecule has 0 amide bonds. The zero-order valence-corrected chi connectivity index (χ0v) is 16.5. The molecule has 7 heteroatoms. The monoisotopic (exact) mass is 400 g/mol. The van der Waals surface area contributed by atoms with E-state index in [4.69, 9.17) is 9.47 Å². The first-order valence-electron chi connectivity index (χ1n) is 9.37. The molecule has 0 aliphatic carbocycles. The number of fused-ring (bicyclic) bond motifs is 1. The number of halogens is 1. The van der Waals surface area contributed by atoms with Gasteiger partial charge in [0.15, 0.2) is 0 Å². The molecule has 1 atom stereocenters. The summed E-state index contributed by atoms with van der Waals surface area (Å²) in [5.41, 5.74) is 1.77. The van der Waals surface area contributed by atoms with Gasteiger partial charge in [0.25, 0.3) is 5.56 Å². The first kappa shape index (κ1) is 20.8. The Morgan fingerprint density at radius 2 is 1.83 bits per heavy atom. The van der Waals surface area contributed by atoms with Gasteiger partial charge in [0.2, 0.25) is 0 Å². The lowest BCUT2D eigenvalue weighted by molar-refractivity contribution is 0.221. The number of hydrogen-bond donors (Lipinski definition) is 3. The van der Waals surface area contributed by atoms with Crippen molar-refractivity contribution in [1.82, 2.24) is 10.3 Å². The Labute approximate surface area is 168 Å². The Kier molecular flexibility index (Phi) is 6.85. The number of H-pyrrole nitrogens is 1. The van der Waals surface area contributed by atoms with E-state index in [0.717, 1.165) is 10.9 Å². The molecule has 1 unspecified atom stereocenters. The van der Waals surface area contributed by atoms with Crippen LogP contribution < -0.4 is 20.3 Å². The van der Waals surface area contributed by atoms with Gasteiger partial charge in [-0.2, -0.15) is 0 Å². The van der Waals surface area contributed by atoms with Crippen LogP contribution in [-0.2, 0) is 13.0 Å². The average molecular weight is 400 g/mol. The van der Waals surface area contributed by atoms with Crippen molar-refractivity contribution in [2.75, 3.05) is 27.4 Å². The van der Waals surface area contributed by atoms with Gasteiger partial charge < -0.3 is 24.9 Å². The number of nitrogens with one attached hydrogen (secondary N) is 2. The van der Waals surface area contributed by atoms with Gasteiger partial charge in [-0.15, -0.1) is 0 Å². The van der Waals surface area contributed by atoms with Crippen LogP contribution in [0.5, 0.6) is 11.5 Å². The lowest BCUT2D eigenvalue weighted by atomic mass is 9.99. The number of hydrogen-bond acceptors (Lipinski definition) is 5. The Balaban J connectivity index is 1.64. The van der Waals surface area contributed by atoms with Crippen LogP contribution in [0.3, 0.4) is 0 Å². The number of aliphatic hydroxyl groups is 1. The first-order valence-corrected chi connectivity index (χ1v) is 9.37. The molecule has 3 aromatic rings. The van der Waals surface area contributed by atoms with Crippen molar-refractivity contribution in [1.29, 1.82) is 0 Å². The predicted octanol–water partition coefficient (Wildman–Crippen LogP) is 2.63. The molecule has 6 nitrogen and oxygen atoms in total. The van der Waals surface area contributed by atoms with E-state index < -0.39 is 0 Å². The molecule has 0 saturated carbocycles. The molecule has 3 N–H and O–H groups in total. The first-order chi connectivity index (χ1) is 14.0. The molecule has 1 aromatic heterocycles. The fourth-order valence-corrected chi connectivity index (χ4v) is 3.28. The summed E-state index contributed by atoms with van der Waals surface area (Å²) in [4.78, 5) is 14.9. The Bertz CT molecular complexity index is 1010. The van der Waals surface area contributed by atoms with Gasteiger partial charge in [-0.25, -0.2) is 4.39 Å². The molecule has 0 radical (unpaired) electrons. The third-order valence-corrected chi connectivity index (χ3v) is 4.83. The molecule has 1 heterocycles. The molecular weight excluding hydrogens is 375 g/mol. The van der Waals surface area contributed by atoms with E-state index in [0.29, 0.717) is 42.1 Å². The van der Waals surface area contributed by atoms with Crippen molar-refractivity contribution in [3.8, 4) is 11.5 Å². The van der Waals surface area contributed by atoms with E-state index in [1.807, 2.05) is 12.1 Å². The van der Waals surface area contributed by atoms with Gasteiger partial charge in [-0.1, -0.05) is 0 Å². The van der Waals surface area contributed by atoms with E-state index in [2.05, 4.69) is 10.3 Å². The number of pyridine rings is 1. The van der Waals surface area contributed by atoms with E-state index in [1.54, 1.807) is 32.4 Å². The smallest absolute Gasteiger partial charge is 0.252 e. The number of methoxy groups -OCH3 is 2. The second-order valence-electron chi connectivity index (χ2n) is 6.96. The van der Waals surface area contributed by atoms with E-state index in [1.165, 1.54) is 12.1 Å². The molecular formula is C22H25FN2O4. The van der Waals surface area contributed by atoms with Crippen molar-refractivity contribution in [3.63, 3.8) is 0 Å². The van der Waals surface area contributed by atoms with Crippen molar-refractivity contribution < 1.29 is 19.0 Å². The normalized spacial score (nSPS) is 12.1. The van der Waals surface area contributed by atoms with E-state index >= 15 is 0 Å². The molecule has 29 heavy (non-hydrogen) atoms. The molecule has 2 aromatic carbocycles. The maximum Gasteiger partial charge on any atom is 0.252 e. The highest BCUT2D eigenvalue weighted by Gasteiger charge is 2.12. The maximum absolute atomic E-state index is 13.3. The minimum absolute atomic E-state index is 0.000119. The van der Waals surface area contributed by atoms with Gasteiger partial charge in [-0.05, 0) is 59.7 Å². The Morgan fingerprint density at radius 1 is 1.10 bits per heavy atom. The Morgan fingerprint density at radius 3 is 2.48 bits per heavy atom. The standard InChI is InChI=1S/C22H25FN2O4/c1-28-19-6-14(7-20(10-19)29-2)5-15(13-26)11-24-12-17-8-16-3-4-18(23)9-21(16)25-22(17)27/h3-4,6-10,15,24,26H,5,11-13H2,1-2H3,(H,25,27). The zero-order chi connectivity index (χ0) is 20.8. The number of aromatic nitrogens is 1. The molecule has 0 fully saturated rings.